The molecule has 2 aliphatic carbocycles. The minimum absolute atomic E-state index is 0.372. The third-order valence-electron chi connectivity index (χ3n) is 6.35. The summed E-state index contributed by atoms with van der Waals surface area (Å²) < 4.78 is 37.3. The summed E-state index contributed by atoms with van der Waals surface area (Å²) in [7, 11) is 0. The molecule has 0 nitrogen and oxygen atoms in total. The van der Waals surface area contributed by atoms with Gasteiger partial charge in [0.15, 0.2) is 0 Å². The lowest BCUT2D eigenvalue weighted by Gasteiger charge is -2.37. The Bertz CT molecular complexity index is 501. The predicted octanol–water partition coefficient (Wildman–Crippen LogP) is 6.89. The van der Waals surface area contributed by atoms with Gasteiger partial charge in [0.1, 0.15) is 0 Å². The third-order valence-corrected chi connectivity index (χ3v) is 6.35. The second-order valence-electron chi connectivity index (χ2n) is 8.17. The summed E-state index contributed by atoms with van der Waals surface area (Å²) in [6, 6.07) is 7.18. The molecule has 0 radical (unpaired) electrons. The average molecular weight is 338 g/mol. The Labute approximate surface area is 143 Å². The first-order valence-electron chi connectivity index (χ1n) is 9.56. The molecule has 2 saturated carbocycles. The van der Waals surface area contributed by atoms with E-state index in [2.05, 4.69) is 6.92 Å². The standard InChI is InChI=1S/C21H29F3/c1-15-2-6-17(7-3-15)19-10-12-20(13-11-19)18-8-4-16(5-9-18)14-21(22,23)24/h4-5,8-9,15,17,19-20H,2-3,6-7,10-14H2,1H3. The Hall–Kier alpha value is -0.990. The van der Waals surface area contributed by atoms with Gasteiger partial charge in [-0.25, -0.2) is 0 Å². The van der Waals surface area contributed by atoms with Crippen molar-refractivity contribution in [1.82, 2.24) is 0 Å². The highest BCUT2D eigenvalue weighted by Crippen LogP contribution is 2.43. The van der Waals surface area contributed by atoms with E-state index in [1.807, 2.05) is 12.1 Å². The predicted molar refractivity (Wildman–Crippen MR) is 92.0 cm³/mol. The molecule has 0 unspecified atom stereocenters. The van der Waals surface area contributed by atoms with Gasteiger partial charge < -0.3 is 0 Å². The lowest BCUT2D eigenvalue weighted by atomic mass is 9.68. The van der Waals surface area contributed by atoms with Crippen molar-refractivity contribution >= 4 is 0 Å². The van der Waals surface area contributed by atoms with E-state index in [9.17, 15) is 13.2 Å². The highest BCUT2D eigenvalue weighted by atomic mass is 19.4. The van der Waals surface area contributed by atoms with Crippen molar-refractivity contribution in [3.05, 3.63) is 35.4 Å². The highest BCUT2D eigenvalue weighted by Gasteiger charge is 2.31. The van der Waals surface area contributed by atoms with E-state index in [4.69, 9.17) is 0 Å². The van der Waals surface area contributed by atoms with Crippen LogP contribution in [0.2, 0.25) is 0 Å². The first kappa shape index (κ1) is 17.8. The fourth-order valence-electron chi connectivity index (χ4n) is 4.82. The van der Waals surface area contributed by atoms with E-state index < -0.39 is 12.6 Å². The van der Waals surface area contributed by atoms with E-state index in [1.54, 1.807) is 12.1 Å². The van der Waals surface area contributed by atoms with Crippen LogP contribution < -0.4 is 0 Å². The van der Waals surface area contributed by atoms with Crippen LogP contribution in [0.25, 0.3) is 0 Å². The number of benzene rings is 1. The molecule has 3 rings (SSSR count). The summed E-state index contributed by atoms with van der Waals surface area (Å²) >= 11 is 0. The van der Waals surface area contributed by atoms with E-state index in [0.717, 1.165) is 17.8 Å². The van der Waals surface area contributed by atoms with Crippen molar-refractivity contribution in [2.75, 3.05) is 0 Å². The van der Waals surface area contributed by atoms with E-state index in [0.29, 0.717) is 11.5 Å². The zero-order valence-electron chi connectivity index (χ0n) is 14.6. The van der Waals surface area contributed by atoms with Crippen molar-refractivity contribution in [1.29, 1.82) is 0 Å². The zero-order valence-corrected chi connectivity index (χ0v) is 14.6. The Kier molecular flexibility index (Phi) is 5.56. The van der Waals surface area contributed by atoms with Crippen molar-refractivity contribution in [2.45, 2.75) is 76.8 Å². The van der Waals surface area contributed by atoms with Crippen molar-refractivity contribution in [3.8, 4) is 0 Å². The normalized spacial score (nSPS) is 31.8. The number of hydrogen-bond donors (Lipinski definition) is 0. The molecule has 0 aromatic heterocycles. The minimum Gasteiger partial charge on any atom is -0.171 e. The van der Waals surface area contributed by atoms with Crippen LogP contribution in [0.5, 0.6) is 0 Å². The lowest BCUT2D eigenvalue weighted by molar-refractivity contribution is -0.127. The van der Waals surface area contributed by atoms with Crippen LogP contribution in [0, 0.1) is 17.8 Å². The van der Waals surface area contributed by atoms with Crippen LogP contribution >= 0.6 is 0 Å². The molecule has 0 spiro atoms. The third kappa shape index (κ3) is 4.77. The van der Waals surface area contributed by atoms with Gasteiger partial charge in [0, 0.05) is 0 Å². The maximum Gasteiger partial charge on any atom is 0.393 e. The zero-order chi connectivity index (χ0) is 17.2. The van der Waals surface area contributed by atoms with Gasteiger partial charge in [-0.1, -0.05) is 44.0 Å². The first-order valence-corrected chi connectivity index (χ1v) is 9.56. The molecule has 134 valence electrons. The number of halogens is 3. The summed E-state index contributed by atoms with van der Waals surface area (Å²) in [5.74, 6) is 3.27. The van der Waals surface area contributed by atoms with Gasteiger partial charge >= 0.3 is 6.18 Å². The summed E-state index contributed by atoms with van der Waals surface area (Å²) in [4.78, 5) is 0. The molecule has 1 aromatic rings. The van der Waals surface area contributed by atoms with E-state index in [1.165, 1.54) is 56.9 Å². The van der Waals surface area contributed by atoms with Crippen LogP contribution in [0.3, 0.4) is 0 Å². The molecule has 0 bridgehead atoms. The number of rotatable bonds is 3. The van der Waals surface area contributed by atoms with Gasteiger partial charge in [0.05, 0.1) is 6.42 Å². The molecule has 2 fully saturated rings. The quantitative estimate of drug-likeness (QED) is 0.563. The van der Waals surface area contributed by atoms with Crippen LogP contribution in [0.15, 0.2) is 24.3 Å². The lowest BCUT2D eigenvalue weighted by Crippen LogP contribution is -2.24. The summed E-state index contributed by atoms with van der Waals surface area (Å²) in [6.45, 7) is 2.37. The van der Waals surface area contributed by atoms with E-state index >= 15 is 0 Å². The second-order valence-corrected chi connectivity index (χ2v) is 8.17. The SMILES string of the molecule is CC1CCC(C2CCC(c3ccc(CC(F)(F)F)cc3)CC2)CC1. The fourth-order valence-corrected chi connectivity index (χ4v) is 4.82. The first-order chi connectivity index (χ1) is 11.4. The fraction of sp³-hybridized carbons (Fsp3) is 0.714. The monoisotopic (exact) mass is 338 g/mol. The summed E-state index contributed by atoms with van der Waals surface area (Å²) in [5.41, 5.74) is 1.60. The van der Waals surface area contributed by atoms with Gasteiger partial charge in [-0.15, -0.1) is 0 Å². The van der Waals surface area contributed by atoms with Gasteiger partial charge in [-0.3, -0.25) is 0 Å². The number of alkyl halides is 3. The molecule has 24 heavy (non-hydrogen) atoms. The average Bonchev–Trinajstić information content (AvgIpc) is 2.55. The maximum absolute atomic E-state index is 12.4. The smallest absolute Gasteiger partial charge is 0.171 e. The molecule has 0 amide bonds. The van der Waals surface area contributed by atoms with Gasteiger partial charge in [0.25, 0.3) is 0 Å². The van der Waals surface area contributed by atoms with Crippen molar-refractivity contribution in [2.24, 2.45) is 17.8 Å². The van der Waals surface area contributed by atoms with Crippen LogP contribution in [0.1, 0.15) is 75.3 Å². The topological polar surface area (TPSA) is 0 Å². The highest BCUT2D eigenvalue weighted by molar-refractivity contribution is 5.26. The molecule has 0 atom stereocenters. The van der Waals surface area contributed by atoms with Crippen LogP contribution in [-0.4, -0.2) is 6.18 Å². The van der Waals surface area contributed by atoms with Crippen LogP contribution in [-0.2, 0) is 6.42 Å². The maximum atomic E-state index is 12.4. The molecular weight excluding hydrogens is 309 g/mol. The molecule has 0 aliphatic heterocycles. The molecule has 0 heterocycles. The van der Waals surface area contributed by atoms with Crippen molar-refractivity contribution < 1.29 is 13.2 Å². The van der Waals surface area contributed by atoms with Gasteiger partial charge in [0.2, 0.25) is 0 Å². The van der Waals surface area contributed by atoms with E-state index in [-0.39, 0.29) is 0 Å². The molecule has 2 aliphatic rings. The Balaban J connectivity index is 1.51. The Morgan fingerprint density at radius 3 is 1.79 bits per heavy atom. The molecule has 0 saturated heterocycles. The van der Waals surface area contributed by atoms with Crippen LogP contribution in [0.4, 0.5) is 13.2 Å². The summed E-state index contributed by atoms with van der Waals surface area (Å²) in [5, 5.41) is 0. The van der Waals surface area contributed by atoms with Crippen molar-refractivity contribution in [3.63, 3.8) is 0 Å². The summed E-state index contributed by atoms with van der Waals surface area (Å²) in [6.07, 6.45) is 5.67. The molecule has 1 aromatic carbocycles. The Morgan fingerprint density at radius 1 is 0.792 bits per heavy atom. The van der Waals surface area contributed by atoms with Gasteiger partial charge in [-0.2, -0.15) is 13.2 Å². The largest absolute Gasteiger partial charge is 0.393 e. The minimum atomic E-state index is -4.11. The molecule has 3 heteroatoms. The van der Waals surface area contributed by atoms with Gasteiger partial charge in [-0.05, 0) is 73.3 Å². The number of hydrogen-bond acceptors (Lipinski definition) is 0. The molecule has 0 N–H and O–H groups in total. The Morgan fingerprint density at radius 2 is 1.29 bits per heavy atom. The second kappa shape index (κ2) is 7.49. The molecular formula is C21H29F3.